The van der Waals surface area contributed by atoms with Crippen LogP contribution in [0.3, 0.4) is 0 Å². The second-order valence-electron chi connectivity index (χ2n) is 10.4. The van der Waals surface area contributed by atoms with E-state index in [9.17, 15) is 14.7 Å². The Labute approximate surface area is 217 Å². The van der Waals surface area contributed by atoms with Crippen LogP contribution >= 0.6 is 0 Å². The van der Waals surface area contributed by atoms with Crippen molar-refractivity contribution in [2.45, 2.75) is 59.6 Å². The monoisotopic (exact) mass is 509 g/mol. The van der Waals surface area contributed by atoms with Crippen LogP contribution in [0.2, 0.25) is 0 Å². The molecule has 0 fully saturated rings. The second kappa shape index (κ2) is 11.9. The molecule has 0 aliphatic rings. The van der Waals surface area contributed by atoms with E-state index in [2.05, 4.69) is 43.0 Å². The summed E-state index contributed by atoms with van der Waals surface area (Å²) >= 11 is 0. The first kappa shape index (κ1) is 27.7. The predicted octanol–water partition coefficient (Wildman–Crippen LogP) is 5.85. The summed E-state index contributed by atoms with van der Waals surface area (Å²) in [6.07, 6.45) is -0.662. The average Bonchev–Trinajstić information content (AvgIpc) is 3.33. The third kappa shape index (κ3) is 7.80. The molecule has 0 saturated heterocycles. The predicted molar refractivity (Wildman–Crippen MR) is 138 cm³/mol. The number of carboxylic acids is 1. The van der Waals surface area contributed by atoms with Crippen LogP contribution in [0.5, 0.6) is 5.75 Å². The molecule has 1 N–H and O–H groups in total. The van der Waals surface area contributed by atoms with Gasteiger partial charge >= 0.3 is 12.1 Å². The Hall–Kier alpha value is -3.88. The van der Waals surface area contributed by atoms with Gasteiger partial charge in [0.25, 0.3) is 5.89 Å². The van der Waals surface area contributed by atoms with E-state index in [1.165, 1.54) is 10.5 Å². The Kier molecular flexibility index (Phi) is 8.91. The summed E-state index contributed by atoms with van der Waals surface area (Å²) in [5.41, 5.74) is 2.86. The van der Waals surface area contributed by atoms with E-state index in [4.69, 9.17) is 14.0 Å². The van der Waals surface area contributed by atoms with Crippen LogP contribution in [0.1, 0.15) is 64.5 Å². The number of benzene rings is 2. The minimum atomic E-state index is -1.11. The maximum absolute atomic E-state index is 12.5. The number of hydrogen-bond donors (Lipinski definition) is 1. The Morgan fingerprint density at radius 2 is 1.68 bits per heavy atom. The van der Waals surface area contributed by atoms with Gasteiger partial charge in [-0.1, -0.05) is 64.0 Å². The molecule has 0 bridgehead atoms. The van der Waals surface area contributed by atoms with Crippen molar-refractivity contribution < 1.29 is 28.7 Å². The quantitative estimate of drug-likeness (QED) is 0.362. The van der Waals surface area contributed by atoms with Gasteiger partial charge < -0.3 is 19.1 Å². The molecule has 1 atom stereocenters. The Bertz CT molecular complexity index is 1180. The summed E-state index contributed by atoms with van der Waals surface area (Å²) in [5, 5.41) is 13.3. The number of carbonyl (C=O) groups excluding carboxylic acids is 1. The Morgan fingerprint density at radius 3 is 2.24 bits per heavy atom. The summed E-state index contributed by atoms with van der Waals surface area (Å²) in [4.78, 5) is 29.4. The molecule has 0 unspecified atom stereocenters. The van der Waals surface area contributed by atoms with Gasteiger partial charge in [-0.05, 0) is 53.6 Å². The molecule has 3 rings (SSSR count). The summed E-state index contributed by atoms with van der Waals surface area (Å²) in [6.45, 7) is 11.9. The van der Waals surface area contributed by atoms with E-state index in [0.717, 1.165) is 11.1 Å². The smallest absolute Gasteiger partial charge is 0.410 e. The van der Waals surface area contributed by atoms with Crippen molar-refractivity contribution in [3.05, 3.63) is 65.5 Å². The van der Waals surface area contributed by atoms with Gasteiger partial charge in [-0.25, -0.2) is 4.79 Å². The lowest BCUT2D eigenvalue weighted by atomic mass is 9.87. The standard InChI is InChI=1S/C28H35N3O6/c1-18(2)16-36-27(34)31(15-25(32)33)19(3)20-9-13-23(14-10-20)35-17-24-29-26(37-30-24)21-7-11-22(12-8-21)28(4,5)6/h7-14,18-19H,15-17H2,1-6H3,(H,32,33)/t19-/m0/s1. The maximum Gasteiger partial charge on any atom is 0.410 e. The average molecular weight is 510 g/mol. The number of amides is 1. The normalized spacial score (nSPS) is 12.3. The first-order valence-corrected chi connectivity index (χ1v) is 12.3. The van der Waals surface area contributed by atoms with E-state index >= 15 is 0 Å². The molecular formula is C28H35N3O6. The molecule has 37 heavy (non-hydrogen) atoms. The molecule has 2 aromatic carbocycles. The zero-order valence-electron chi connectivity index (χ0n) is 22.2. The highest BCUT2D eigenvalue weighted by molar-refractivity contribution is 5.77. The lowest BCUT2D eigenvalue weighted by Crippen LogP contribution is -2.38. The molecule has 0 aliphatic carbocycles. The number of aliphatic carboxylic acids is 1. The minimum absolute atomic E-state index is 0.0608. The molecule has 198 valence electrons. The Balaban J connectivity index is 1.61. The van der Waals surface area contributed by atoms with Crippen LogP contribution in [0.4, 0.5) is 4.79 Å². The van der Waals surface area contributed by atoms with Crippen molar-refractivity contribution >= 4 is 12.1 Å². The molecule has 3 aromatic rings. The first-order chi connectivity index (χ1) is 17.4. The topological polar surface area (TPSA) is 115 Å². The van der Waals surface area contributed by atoms with Crippen LogP contribution in [0.15, 0.2) is 53.1 Å². The van der Waals surface area contributed by atoms with Crippen LogP contribution < -0.4 is 4.74 Å². The number of carboxylic acid groups (broad SMARTS) is 1. The maximum atomic E-state index is 12.5. The number of ether oxygens (including phenoxy) is 2. The van der Waals surface area contributed by atoms with Crippen molar-refractivity contribution in [1.29, 1.82) is 0 Å². The van der Waals surface area contributed by atoms with Gasteiger partial charge in [0.05, 0.1) is 12.6 Å². The van der Waals surface area contributed by atoms with Gasteiger partial charge in [-0.15, -0.1) is 0 Å². The first-order valence-electron chi connectivity index (χ1n) is 12.3. The molecule has 9 heteroatoms. The van der Waals surface area contributed by atoms with Crippen LogP contribution in [-0.4, -0.2) is 45.4 Å². The summed E-state index contributed by atoms with van der Waals surface area (Å²) in [5.74, 6) is 0.438. The van der Waals surface area contributed by atoms with Gasteiger partial charge in [0.1, 0.15) is 12.3 Å². The molecule has 1 heterocycles. The highest BCUT2D eigenvalue weighted by Gasteiger charge is 2.25. The van der Waals surface area contributed by atoms with E-state index < -0.39 is 24.6 Å². The van der Waals surface area contributed by atoms with Crippen molar-refractivity contribution in [3.8, 4) is 17.2 Å². The van der Waals surface area contributed by atoms with Crippen molar-refractivity contribution in [1.82, 2.24) is 15.0 Å². The van der Waals surface area contributed by atoms with E-state index in [1.807, 2.05) is 26.0 Å². The van der Waals surface area contributed by atoms with Gasteiger partial charge in [0, 0.05) is 5.56 Å². The van der Waals surface area contributed by atoms with Gasteiger partial charge in [-0.2, -0.15) is 4.98 Å². The fourth-order valence-corrected chi connectivity index (χ4v) is 3.54. The molecule has 0 radical (unpaired) electrons. The Morgan fingerprint density at radius 1 is 1.03 bits per heavy atom. The fraction of sp³-hybridized carbons (Fsp3) is 0.429. The number of aromatic nitrogens is 2. The van der Waals surface area contributed by atoms with Gasteiger partial charge in [-0.3, -0.25) is 9.69 Å². The highest BCUT2D eigenvalue weighted by atomic mass is 16.6. The molecular weight excluding hydrogens is 474 g/mol. The van der Waals surface area contributed by atoms with Gasteiger partial charge in [0.2, 0.25) is 5.82 Å². The van der Waals surface area contributed by atoms with Gasteiger partial charge in [0.15, 0.2) is 6.61 Å². The largest absolute Gasteiger partial charge is 0.485 e. The lowest BCUT2D eigenvalue weighted by molar-refractivity contribution is -0.138. The molecule has 9 nitrogen and oxygen atoms in total. The van der Waals surface area contributed by atoms with Crippen LogP contribution in [0, 0.1) is 5.92 Å². The second-order valence-corrected chi connectivity index (χ2v) is 10.4. The van der Waals surface area contributed by atoms with E-state index in [-0.39, 0.29) is 24.5 Å². The van der Waals surface area contributed by atoms with Crippen LogP contribution in [-0.2, 0) is 21.6 Å². The van der Waals surface area contributed by atoms with Crippen molar-refractivity contribution in [2.75, 3.05) is 13.2 Å². The third-order valence-electron chi connectivity index (χ3n) is 5.74. The van der Waals surface area contributed by atoms with Crippen molar-refractivity contribution in [3.63, 3.8) is 0 Å². The molecule has 0 spiro atoms. The molecule has 1 amide bonds. The summed E-state index contributed by atoms with van der Waals surface area (Å²) < 4.78 is 16.4. The van der Waals surface area contributed by atoms with E-state index in [0.29, 0.717) is 17.5 Å². The molecule has 1 aromatic heterocycles. The number of carbonyl (C=O) groups is 2. The number of rotatable bonds is 10. The van der Waals surface area contributed by atoms with Crippen LogP contribution in [0.25, 0.3) is 11.5 Å². The zero-order chi connectivity index (χ0) is 27.2. The van der Waals surface area contributed by atoms with Crippen molar-refractivity contribution in [2.24, 2.45) is 5.92 Å². The lowest BCUT2D eigenvalue weighted by Gasteiger charge is -2.27. The fourth-order valence-electron chi connectivity index (χ4n) is 3.54. The third-order valence-corrected chi connectivity index (χ3v) is 5.74. The summed E-state index contributed by atoms with van der Waals surface area (Å²) in [6, 6.07) is 14.6. The highest BCUT2D eigenvalue weighted by Crippen LogP contribution is 2.26. The number of hydrogen-bond acceptors (Lipinski definition) is 7. The SMILES string of the molecule is CC(C)COC(=O)N(CC(=O)O)[C@@H](C)c1ccc(OCc2noc(-c3ccc(C(C)(C)C)cc3)n2)cc1. The number of nitrogens with zero attached hydrogens (tertiary/aromatic N) is 3. The molecule has 0 aliphatic heterocycles. The molecule has 0 saturated carbocycles. The minimum Gasteiger partial charge on any atom is -0.485 e. The zero-order valence-corrected chi connectivity index (χ0v) is 22.2. The summed E-state index contributed by atoms with van der Waals surface area (Å²) in [7, 11) is 0. The van der Waals surface area contributed by atoms with E-state index in [1.54, 1.807) is 31.2 Å².